The minimum atomic E-state index is 0.472. The van der Waals surface area contributed by atoms with Crippen molar-refractivity contribution < 1.29 is 9.47 Å². The van der Waals surface area contributed by atoms with Crippen LogP contribution in [0.3, 0.4) is 0 Å². The zero-order valence-corrected chi connectivity index (χ0v) is 13.7. The first-order chi connectivity index (χ1) is 10.3. The molecule has 1 aliphatic heterocycles. The maximum Gasteiger partial charge on any atom is 0.157 e. The Bertz CT molecular complexity index is 399. The van der Waals surface area contributed by atoms with E-state index in [-0.39, 0.29) is 0 Å². The lowest BCUT2D eigenvalue weighted by molar-refractivity contribution is 0.1000. The molecule has 0 spiro atoms. The van der Waals surface area contributed by atoms with Gasteiger partial charge in [-0.05, 0) is 26.2 Å². The van der Waals surface area contributed by atoms with Gasteiger partial charge in [-0.2, -0.15) is 0 Å². The lowest BCUT2D eigenvalue weighted by atomic mass is 10.2. The van der Waals surface area contributed by atoms with E-state index in [1.165, 1.54) is 0 Å². The summed E-state index contributed by atoms with van der Waals surface area (Å²) in [6, 6.07) is 2.05. The molecular formula is C15H25N3O2S. The van der Waals surface area contributed by atoms with Gasteiger partial charge >= 0.3 is 0 Å². The van der Waals surface area contributed by atoms with Gasteiger partial charge in [0.2, 0.25) is 0 Å². The molecule has 0 bridgehead atoms. The van der Waals surface area contributed by atoms with Crippen LogP contribution in [0, 0.1) is 0 Å². The maximum absolute atomic E-state index is 5.44. The van der Waals surface area contributed by atoms with E-state index in [2.05, 4.69) is 22.2 Å². The van der Waals surface area contributed by atoms with Crippen LogP contribution in [0.25, 0.3) is 0 Å². The number of nitrogens with one attached hydrogen (secondary N) is 1. The molecule has 118 valence electrons. The molecule has 1 aromatic rings. The van der Waals surface area contributed by atoms with Crippen molar-refractivity contribution in [2.24, 2.45) is 0 Å². The van der Waals surface area contributed by atoms with Gasteiger partial charge in [0.15, 0.2) is 5.82 Å². The highest BCUT2D eigenvalue weighted by Crippen LogP contribution is 2.29. The summed E-state index contributed by atoms with van der Waals surface area (Å²) in [4.78, 5) is 9.14. The first-order valence-electron chi connectivity index (χ1n) is 7.75. The van der Waals surface area contributed by atoms with Gasteiger partial charge in [-0.25, -0.2) is 9.97 Å². The zero-order valence-electron chi connectivity index (χ0n) is 12.9. The van der Waals surface area contributed by atoms with Gasteiger partial charge in [0.25, 0.3) is 0 Å². The van der Waals surface area contributed by atoms with Crippen molar-refractivity contribution in [3.05, 3.63) is 11.9 Å². The Morgan fingerprint density at radius 1 is 1.33 bits per heavy atom. The second-order valence-electron chi connectivity index (χ2n) is 5.00. The van der Waals surface area contributed by atoms with Crippen LogP contribution in [0.4, 0.5) is 5.82 Å². The third-order valence-electron chi connectivity index (χ3n) is 3.20. The Labute approximate surface area is 131 Å². The fourth-order valence-electron chi connectivity index (χ4n) is 2.10. The molecule has 6 heteroatoms. The van der Waals surface area contributed by atoms with Crippen molar-refractivity contribution in [1.29, 1.82) is 0 Å². The van der Waals surface area contributed by atoms with Gasteiger partial charge in [0, 0.05) is 37.7 Å². The van der Waals surface area contributed by atoms with Crippen LogP contribution in [0.15, 0.2) is 11.1 Å². The molecule has 0 saturated carbocycles. The molecule has 0 atom stereocenters. The molecule has 2 rings (SSSR count). The Hall–Kier alpha value is -0.850. The van der Waals surface area contributed by atoms with Gasteiger partial charge in [0.1, 0.15) is 17.5 Å². The predicted octanol–water partition coefficient (Wildman–Crippen LogP) is 3.11. The highest BCUT2D eigenvalue weighted by atomic mass is 32.2. The van der Waals surface area contributed by atoms with Crippen molar-refractivity contribution in [3.8, 4) is 0 Å². The Morgan fingerprint density at radius 2 is 2.14 bits per heavy atom. The highest BCUT2D eigenvalue weighted by molar-refractivity contribution is 7.99. The average Bonchev–Trinajstić information content (AvgIpc) is 2.52. The lowest BCUT2D eigenvalue weighted by Crippen LogP contribution is -2.17. The Morgan fingerprint density at radius 3 is 2.86 bits per heavy atom. The number of anilines is 1. The van der Waals surface area contributed by atoms with Crippen molar-refractivity contribution in [2.45, 2.75) is 50.0 Å². The quantitative estimate of drug-likeness (QED) is 0.745. The summed E-state index contributed by atoms with van der Waals surface area (Å²) in [6.45, 7) is 7.92. The van der Waals surface area contributed by atoms with Gasteiger partial charge < -0.3 is 14.8 Å². The fraction of sp³-hybridized carbons (Fsp3) is 0.733. The topological polar surface area (TPSA) is 56.3 Å². The normalized spacial score (nSPS) is 16.1. The van der Waals surface area contributed by atoms with Crippen molar-refractivity contribution in [1.82, 2.24) is 9.97 Å². The Balaban J connectivity index is 2.05. The molecule has 1 N–H and O–H groups in total. The zero-order chi connectivity index (χ0) is 14.9. The summed E-state index contributed by atoms with van der Waals surface area (Å²) in [5, 5.41) is 4.97. The Kier molecular flexibility index (Phi) is 7.26. The number of ether oxygens (including phenoxy) is 2. The summed E-state index contributed by atoms with van der Waals surface area (Å²) in [6.07, 6.45) is 3.26. The molecule has 1 aromatic heterocycles. The van der Waals surface area contributed by atoms with Crippen LogP contribution in [-0.4, -0.2) is 41.6 Å². The van der Waals surface area contributed by atoms with Crippen LogP contribution >= 0.6 is 11.8 Å². The van der Waals surface area contributed by atoms with E-state index in [1.807, 2.05) is 24.8 Å². The van der Waals surface area contributed by atoms with E-state index in [1.54, 1.807) is 0 Å². The second kappa shape index (κ2) is 9.23. The molecular weight excluding hydrogens is 286 g/mol. The number of aromatic nitrogens is 2. The minimum absolute atomic E-state index is 0.472. The molecule has 0 amide bonds. The van der Waals surface area contributed by atoms with E-state index < -0.39 is 0 Å². The number of hydrogen-bond acceptors (Lipinski definition) is 6. The first kappa shape index (κ1) is 16.5. The summed E-state index contributed by atoms with van der Waals surface area (Å²) in [5.74, 6) is 1.66. The summed E-state index contributed by atoms with van der Waals surface area (Å²) >= 11 is 1.83. The third-order valence-corrected chi connectivity index (χ3v) is 4.45. The third kappa shape index (κ3) is 5.80. The summed E-state index contributed by atoms with van der Waals surface area (Å²) in [7, 11) is 0. The molecule has 0 radical (unpaired) electrons. The molecule has 0 unspecified atom stereocenters. The predicted molar refractivity (Wildman–Crippen MR) is 85.8 cm³/mol. The molecule has 0 aliphatic carbocycles. The molecule has 2 heterocycles. The van der Waals surface area contributed by atoms with Crippen molar-refractivity contribution in [2.75, 3.05) is 31.7 Å². The lowest BCUT2D eigenvalue weighted by Gasteiger charge is -2.21. The van der Waals surface area contributed by atoms with Crippen molar-refractivity contribution in [3.63, 3.8) is 0 Å². The molecule has 1 saturated heterocycles. The van der Waals surface area contributed by atoms with Crippen molar-refractivity contribution >= 4 is 17.6 Å². The number of rotatable bonds is 8. The average molecular weight is 311 g/mol. The van der Waals surface area contributed by atoms with Gasteiger partial charge in [-0.15, -0.1) is 11.8 Å². The van der Waals surface area contributed by atoms with Gasteiger partial charge in [0.05, 0.1) is 0 Å². The van der Waals surface area contributed by atoms with Crippen LogP contribution in [0.1, 0.15) is 38.9 Å². The molecule has 5 nitrogen and oxygen atoms in total. The smallest absolute Gasteiger partial charge is 0.157 e. The van der Waals surface area contributed by atoms with E-state index in [4.69, 9.17) is 9.47 Å². The van der Waals surface area contributed by atoms with E-state index in [0.29, 0.717) is 18.5 Å². The first-order valence-corrected chi connectivity index (χ1v) is 8.63. The maximum atomic E-state index is 5.44. The SMILES string of the molecule is CCCNc1cc(SC2CCOCC2)nc(COCC)n1. The minimum Gasteiger partial charge on any atom is -0.381 e. The van der Waals surface area contributed by atoms with E-state index in [9.17, 15) is 0 Å². The highest BCUT2D eigenvalue weighted by Gasteiger charge is 2.16. The molecule has 1 fully saturated rings. The number of thioether (sulfide) groups is 1. The molecule has 1 aliphatic rings. The number of hydrogen-bond donors (Lipinski definition) is 1. The standard InChI is InChI=1S/C15H25N3O2S/c1-3-7-16-13-10-15(18-14(17-13)11-19-4-2)21-12-5-8-20-9-6-12/h10,12H,3-9,11H2,1-2H3,(H,16,17,18). The molecule has 0 aromatic carbocycles. The van der Waals surface area contributed by atoms with Gasteiger partial charge in [-0.3, -0.25) is 0 Å². The second-order valence-corrected chi connectivity index (χ2v) is 6.32. The largest absolute Gasteiger partial charge is 0.381 e. The summed E-state index contributed by atoms with van der Waals surface area (Å²) < 4.78 is 10.9. The van der Waals surface area contributed by atoms with E-state index >= 15 is 0 Å². The summed E-state index contributed by atoms with van der Waals surface area (Å²) in [5.41, 5.74) is 0. The van der Waals surface area contributed by atoms with Crippen LogP contribution < -0.4 is 5.32 Å². The molecule has 21 heavy (non-hydrogen) atoms. The monoisotopic (exact) mass is 311 g/mol. The number of nitrogens with zero attached hydrogens (tertiary/aromatic N) is 2. The van der Waals surface area contributed by atoms with Crippen LogP contribution in [0.2, 0.25) is 0 Å². The van der Waals surface area contributed by atoms with E-state index in [0.717, 1.165) is 55.7 Å². The van der Waals surface area contributed by atoms with Crippen LogP contribution in [-0.2, 0) is 16.1 Å². The van der Waals surface area contributed by atoms with Crippen LogP contribution in [0.5, 0.6) is 0 Å². The fourth-order valence-corrected chi connectivity index (χ4v) is 3.21. The van der Waals surface area contributed by atoms with Gasteiger partial charge in [-0.1, -0.05) is 6.92 Å².